The van der Waals surface area contributed by atoms with Crippen molar-refractivity contribution in [1.29, 1.82) is 0 Å². The molecule has 18 heavy (non-hydrogen) atoms. The minimum Gasteiger partial charge on any atom is -0.398 e. The van der Waals surface area contributed by atoms with Crippen molar-refractivity contribution < 1.29 is 0 Å². The topological polar surface area (TPSA) is 38.9 Å². The molecule has 0 aliphatic heterocycles. The van der Waals surface area contributed by atoms with E-state index < -0.39 is 0 Å². The molecule has 0 unspecified atom stereocenters. The molecule has 0 saturated carbocycles. The van der Waals surface area contributed by atoms with Gasteiger partial charge in [0.05, 0.1) is 16.7 Å². The zero-order valence-corrected chi connectivity index (χ0v) is 10.5. The Labute approximate surface area is 106 Å². The molecule has 90 valence electrons. The van der Waals surface area contributed by atoms with E-state index in [-0.39, 0.29) is 0 Å². The van der Waals surface area contributed by atoms with Gasteiger partial charge in [-0.2, -0.15) is 0 Å². The minimum absolute atomic E-state index is 0.841. The van der Waals surface area contributed by atoms with Crippen LogP contribution in [-0.4, -0.2) is 4.98 Å². The fourth-order valence-electron chi connectivity index (χ4n) is 2.41. The van der Waals surface area contributed by atoms with Crippen molar-refractivity contribution in [1.82, 2.24) is 4.98 Å². The van der Waals surface area contributed by atoms with Crippen molar-refractivity contribution in [2.45, 2.75) is 19.8 Å². The van der Waals surface area contributed by atoms with Crippen molar-refractivity contribution in [3.05, 3.63) is 48.0 Å². The molecule has 0 radical (unpaired) electrons. The molecule has 2 nitrogen and oxygen atoms in total. The number of benzene rings is 2. The van der Waals surface area contributed by atoms with Crippen molar-refractivity contribution in [3.8, 4) is 0 Å². The molecule has 1 aromatic heterocycles. The Morgan fingerprint density at radius 1 is 1.00 bits per heavy atom. The van der Waals surface area contributed by atoms with Crippen LogP contribution in [0.15, 0.2) is 42.5 Å². The molecule has 1 heterocycles. The van der Waals surface area contributed by atoms with Crippen molar-refractivity contribution in [2.75, 3.05) is 5.73 Å². The second kappa shape index (κ2) is 4.30. The maximum atomic E-state index is 6.28. The Morgan fingerprint density at radius 3 is 2.61 bits per heavy atom. The summed E-state index contributed by atoms with van der Waals surface area (Å²) in [7, 11) is 0. The highest BCUT2D eigenvalue weighted by Gasteiger charge is 2.06. The summed E-state index contributed by atoms with van der Waals surface area (Å²) in [6.45, 7) is 2.19. The molecule has 2 aromatic carbocycles. The van der Waals surface area contributed by atoms with Gasteiger partial charge in [0.1, 0.15) is 0 Å². The van der Waals surface area contributed by atoms with Gasteiger partial charge in [-0.25, -0.2) is 4.98 Å². The Hall–Kier alpha value is -2.09. The summed E-state index contributed by atoms with van der Waals surface area (Å²) in [5.74, 6) is 0. The Bertz CT molecular complexity index is 717. The molecule has 0 amide bonds. The molecule has 0 aliphatic rings. The van der Waals surface area contributed by atoms with E-state index in [0.717, 1.165) is 40.3 Å². The number of nitrogens with two attached hydrogens (primary N) is 1. The van der Waals surface area contributed by atoms with Crippen LogP contribution in [0.3, 0.4) is 0 Å². The summed E-state index contributed by atoms with van der Waals surface area (Å²) in [5.41, 5.74) is 10.4. The molecule has 2 N–H and O–H groups in total. The van der Waals surface area contributed by atoms with Crippen LogP contribution in [0.2, 0.25) is 0 Å². The first-order chi connectivity index (χ1) is 8.79. The zero-order valence-electron chi connectivity index (χ0n) is 10.5. The fraction of sp³-hybridized carbons (Fsp3) is 0.188. The minimum atomic E-state index is 0.841. The quantitative estimate of drug-likeness (QED) is 0.685. The number of hydrogen-bond donors (Lipinski definition) is 1. The standard InChI is InChI=1S/C16H16N2/c1-2-5-11-8-9-15-13(10-11)16(17)12-6-3-4-7-14(12)18-15/h3-4,6-10H,2,5H2,1H3,(H2,17,18). The number of nitrogens with zero attached hydrogens (tertiary/aromatic N) is 1. The van der Waals surface area contributed by atoms with Gasteiger partial charge in [-0.05, 0) is 30.2 Å². The first-order valence-corrected chi connectivity index (χ1v) is 6.36. The average molecular weight is 236 g/mol. The van der Waals surface area contributed by atoms with Gasteiger partial charge >= 0.3 is 0 Å². The van der Waals surface area contributed by atoms with E-state index in [1.54, 1.807) is 0 Å². The number of para-hydroxylation sites is 1. The molecule has 0 fully saturated rings. The molecular formula is C16H16N2. The third-order valence-corrected chi connectivity index (χ3v) is 3.32. The van der Waals surface area contributed by atoms with Crippen LogP contribution in [0.25, 0.3) is 21.8 Å². The normalized spacial score (nSPS) is 11.2. The molecule has 0 atom stereocenters. The molecule has 2 heteroatoms. The van der Waals surface area contributed by atoms with Crippen LogP contribution in [0.4, 0.5) is 5.69 Å². The summed E-state index contributed by atoms with van der Waals surface area (Å²) in [6, 6.07) is 14.4. The summed E-state index contributed by atoms with van der Waals surface area (Å²) in [6.07, 6.45) is 2.23. The molecule has 0 spiro atoms. The molecular weight excluding hydrogens is 220 g/mol. The van der Waals surface area contributed by atoms with Crippen molar-refractivity contribution >= 4 is 27.5 Å². The number of hydrogen-bond acceptors (Lipinski definition) is 2. The van der Waals surface area contributed by atoms with Crippen molar-refractivity contribution in [2.24, 2.45) is 0 Å². The first-order valence-electron chi connectivity index (χ1n) is 6.36. The van der Waals surface area contributed by atoms with E-state index in [0.29, 0.717) is 0 Å². The number of anilines is 1. The number of fused-ring (bicyclic) bond motifs is 2. The SMILES string of the molecule is CCCc1ccc2nc3ccccc3c(N)c2c1. The number of nitrogen functional groups attached to an aromatic ring is 1. The smallest absolute Gasteiger partial charge is 0.0730 e. The second-order valence-corrected chi connectivity index (χ2v) is 4.64. The van der Waals surface area contributed by atoms with Gasteiger partial charge < -0.3 is 5.73 Å². The van der Waals surface area contributed by atoms with Gasteiger partial charge in [0.25, 0.3) is 0 Å². The van der Waals surface area contributed by atoms with Crippen LogP contribution in [0, 0.1) is 0 Å². The van der Waals surface area contributed by atoms with Crippen molar-refractivity contribution in [3.63, 3.8) is 0 Å². The first kappa shape index (κ1) is 11.0. The van der Waals surface area contributed by atoms with Gasteiger partial charge in [0.15, 0.2) is 0 Å². The monoisotopic (exact) mass is 236 g/mol. The number of rotatable bonds is 2. The van der Waals surface area contributed by atoms with E-state index in [1.165, 1.54) is 5.56 Å². The predicted molar refractivity (Wildman–Crippen MR) is 77.7 cm³/mol. The van der Waals surface area contributed by atoms with Crippen LogP contribution < -0.4 is 5.73 Å². The van der Waals surface area contributed by atoms with E-state index >= 15 is 0 Å². The van der Waals surface area contributed by atoms with Gasteiger partial charge in [0.2, 0.25) is 0 Å². The molecule has 3 rings (SSSR count). The molecule has 3 aromatic rings. The Morgan fingerprint density at radius 2 is 1.78 bits per heavy atom. The lowest BCUT2D eigenvalue weighted by Gasteiger charge is -2.08. The predicted octanol–water partition coefficient (Wildman–Crippen LogP) is 3.92. The van der Waals surface area contributed by atoms with E-state index in [4.69, 9.17) is 5.73 Å². The third-order valence-electron chi connectivity index (χ3n) is 3.32. The second-order valence-electron chi connectivity index (χ2n) is 4.64. The van der Waals surface area contributed by atoms with Crippen LogP contribution in [0.1, 0.15) is 18.9 Å². The highest BCUT2D eigenvalue weighted by atomic mass is 14.7. The lowest BCUT2D eigenvalue weighted by molar-refractivity contribution is 0.923. The third kappa shape index (κ3) is 1.70. The van der Waals surface area contributed by atoms with Crippen LogP contribution in [-0.2, 0) is 6.42 Å². The highest BCUT2D eigenvalue weighted by molar-refractivity contribution is 6.06. The number of aromatic nitrogens is 1. The lowest BCUT2D eigenvalue weighted by atomic mass is 10.0. The van der Waals surface area contributed by atoms with E-state index in [9.17, 15) is 0 Å². The summed E-state index contributed by atoms with van der Waals surface area (Å²) >= 11 is 0. The largest absolute Gasteiger partial charge is 0.398 e. The Kier molecular flexibility index (Phi) is 2.63. The average Bonchev–Trinajstić information content (AvgIpc) is 2.40. The zero-order chi connectivity index (χ0) is 12.5. The van der Waals surface area contributed by atoms with Gasteiger partial charge in [-0.15, -0.1) is 0 Å². The molecule has 0 saturated heterocycles. The number of pyridine rings is 1. The molecule has 0 bridgehead atoms. The van der Waals surface area contributed by atoms with Gasteiger partial charge in [-0.3, -0.25) is 0 Å². The summed E-state index contributed by atoms with van der Waals surface area (Å²) < 4.78 is 0. The Balaban J connectivity index is 2.34. The van der Waals surface area contributed by atoms with E-state index in [2.05, 4.69) is 30.1 Å². The van der Waals surface area contributed by atoms with Crippen LogP contribution in [0.5, 0.6) is 0 Å². The van der Waals surface area contributed by atoms with Gasteiger partial charge in [-0.1, -0.05) is 37.6 Å². The summed E-state index contributed by atoms with van der Waals surface area (Å²) in [5, 5.41) is 2.11. The van der Waals surface area contributed by atoms with Crippen LogP contribution >= 0.6 is 0 Å². The highest BCUT2D eigenvalue weighted by Crippen LogP contribution is 2.28. The molecule has 0 aliphatic carbocycles. The lowest BCUT2D eigenvalue weighted by Crippen LogP contribution is -1.94. The maximum absolute atomic E-state index is 6.28. The fourth-order valence-corrected chi connectivity index (χ4v) is 2.41. The summed E-state index contributed by atoms with van der Waals surface area (Å²) in [4.78, 5) is 4.66. The van der Waals surface area contributed by atoms with E-state index in [1.807, 2.05) is 24.3 Å². The maximum Gasteiger partial charge on any atom is 0.0730 e. The van der Waals surface area contributed by atoms with Gasteiger partial charge in [0, 0.05) is 10.8 Å². The number of aryl methyl sites for hydroxylation is 1.